The van der Waals surface area contributed by atoms with Gasteiger partial charge in [0.25, 0.3) is 0 Å². The molecule has 0 spiro atoms. The van der Waals surface area contributed by atoms with E-state index in [-0.39, 0.29) is 0 Å². The van der Waals surface area contributed by atoms with Gasteiger partial charge in [-0.25, -0.2) is 4.79 Å². The Balaban J connectivity index is 2.71. The summed E-state index contributed by atoms with van der Waals surface area (Å²) in [6.07, 6.45) is 0. The standard InChI is InChI=1S/C10H14N2O2/c1-7-5-8(6-12-10(11)13)3-4-9(7)14-2/h3-5H,6H2,1-2H3,(H3,11,12,13). The molecular weight excluding hydrogens is 180 g/mol. The predicted octanol–water partition coefficient (Wildman–Crippen LogP) is 1.17. The van der Waals surface area contributed by atoms with E-state index in [1.807, 2.05) is 25.1 Å². The highest BCUT2D eigenvalue weighted by Gasteiger charge is 2.00. The van der Waals surface area contributed by atoms with Crippen LogP contribution in [0.15, 0.2) is 18.2 Å². The lowest BCUT2D eigenvalue weighted by Crippen LogP contribution is -2.28. The van der Waals surface area contributed by atoms with E-state index in [1.165, 1.54) is 0 Å². The van der Waals surface area contributed by atoms with Gasteiger partial charge in [0.1, 0.15) is 5.75 Å². The smallest absolute Gasteiger partial charge is 0.312 e. The van der Waals surface area contributed by atoms with Gasteiger partial charge in [0.15, 0.2) is 0 Å². The van der Waals surface area contributed by atoms with Crippen LogP contribution < -0.4 is 15.8 Å². The molecule has 1 rings (SSSR count). The van der Waals surface area contributed by atoms with Gasteiger partial charge < -0.3 is 15.8 Å². The van der Waals surface area contributed by atoms with Crippen molar-refractivity contribution < 1.29 is 9.53 Å². The summed E-state index contributed by atoms with van der Waals surface area (Å²) in [4.78, 5) is 10.5. The average Bonchev–Trinajstić information content (AvgIpc) is 2.15. The van der Waals surface area contributed by atoms with Crippen LogP contribution >= 0.6 is 0 Å². The summed E-state index contributed by atoms with van der Waals surface area (Å²) in [5.74, 6) is 0.841. The van der Waals surface area contributed by atoms with E-state index in [1.54, 1.807) is 7.11 Å². The fourth-order valence-corrected chi connectivity index (χ4v) is 1.24. The van der Waals surface area contributed by atoms with Crippen molar-refractivity contribution in [2.24, 2.45) is 5.73 Å². The maximum Gasteiger partial charge on any atom is 0.312 e. The van der Waals surface area contributed by atoms with Gasteiger partial charge in [0.05, 0.1) is 7.11 Å². The highest BCUT2D eigenvalue weighted by atomic mass is 16.5. The van der Waals surface area contributed by atoms with Crippen LogP contribution in [0.3, 0.4) is 0 Å². The maximum atomic E-state index is 10.5. The molecule has 4 heteroatoms. The Hall–Kier alpha value is -1.71. The van der Waals surface area contributed by atoms with Crippen LogP contribution in [-0.4, -0.2) is 13.1 Å². The number of primary amides is 1. The molecule has 76 valence electrons. The third kappa shape index (κ3) is 2.65. The van der Waals surface area contributed by atoms with Crippen LogP contribution in [-0.2, 0) is 6.54 Å². The molecule has 0 radical (unpaired) electrons. The number of amides is 2. The van der Waals surface area contributed by atoms with Crippen molar-refractivity contribution >= 4 is 6.03 Å². The Labute approximate surface area is 83.1 Å². The van der Waals surface area contributed by atoms with Gasteiger partial charge in [0.2, 0.25) is 0 Å². The Morgan fingerprint density at radius 1 is 1.57 bits per heavy atom. The molecule has 0 bridgehead atoms. The Bertz CT molecular complexity index is 337. The zero-order valence-electron chi connectivity index (χ0n) is 8.33. The first-order valence-corrected chi connectivity index (χ1v) is 4.30. The first-order chi connectivity index (χ1) is 6.63. The number of nitrogens with one attached hydrogen (secondary N) is 1. The Kier molecular flexibility index (Phi) is 3.34. The van der Waals surface area contributed by atoms with Gasteiger partial charge in [-0.1, -0.05) is 12.1 Å². The summed E-state index contributed by atoms with van der Waals surface area (Å²) in [7, 11) is 1.63. The first-order valence-electron chi connectivity index (χ1n) is 4.30. The molecule has 0 aromatic heterocycles. The van der Waals surface area contributed by atoms with Crippen LogP contribution in [0.1, 0.15) is 11.1 Å². The number of carbonyl (C=O) groups excluding carboxylic acids is 1. The SMILES string of the molecule is COc1ccc(CNC(N)=O)cc1C. The summed E-state index contributed by atoms with van der Waals surface area (Å²) in [6, 6.07) is 5.20. The number of nitrogens with two attached hydrogens (primary N) is 1. The lowest BCUT2D eigenvalue weighted by atomic mass is 10.1. The van der Waals surface area contributed by atoms with Crippen molar-refractivity contribution in [1.82, 2.24) is 5.32 Å². The number of ether oxygens (including phenoxy) is 1. The molecule has 1 aromatic carbocycles. The Morgan fingerprint density at radius 3 is 2.79 bits per heavy atom. The molecule has 3 N–H and O–H groups in total. The van der Waals surface area contributed by atoms with Crippen LogP contribution in [0.2, 0.25) is 0 Å². The zero-order chi connectivity index (χ0) is 10.6. The third-order valence-corrected chi connectivity index (χ3v) is 1.93. The van der Waals surface area contributed by atoms with Gasteiger partial charge in [0, 0.05) is 6.54 Å². The molecular formula is C10H14N2O2. The molecule has 2 amide bonds. The highest BCUT2D eigenvalue weighted by Crippen LogP contribution is 2.18. The monoisotopic (exact) mass is 194 g/mol. The van der Waals surface area contributed by atoms with Crippen LogP contribution in [0.5, 0.6) is 5.75 Å². The number of rotatable bonds is 3. The maximum absolute atomic E-state index is 10.5. The first kappa shape index (κ1) is 10.4. The van der Waals surface area contributed by atoms with Gasteiger partial charge in [-0.2, -0.15) is 0 Å². The second-order valence-corrected chi connectivity index (χ2v) is 3.02. The number of hydrogen-bond donors (Lipinski definition) is 2. The van der Waals surface area contributed by atoms with Crippen molar-refractivity contribution in [3.05, 3.63) is 29.3 Å². The van der Waals surface area contributed by atoms with Crippen molar-refractivity contribution in [3.8, 4) is 5.75 Å². The molecule has 0 aliphatic rings. The molecule has 0 aliphatic carbocycles. The molecule has 0 saturated carbocycles. The van der Waals surface area contributed by atoms with E-state index in [9.17, 15) is 4.79 Å². The summed E-state index contributed by atoms with van der Waals surface area (Å²) < 4.78 is 5.11. The van der Waals surface area contributed by atoms with E-state index in [4.69, 9.17) is 10.5 Å². The fraction of sp³-hybridized carbons (Fsp3) is 0.300. The van der Waals surface area contributed by atoms with Crippen LogP contribution in [0, 0.1) is 6.92 Å². The topological polar surface area (TPSA) is 64.3 Å². The second kappa shape index (κ2) is 4.50. The van der Waals surface area contributed by atoms with Crippen LogP contribution in [0.4, 0.5) is 4.79 Å². The normalized spacial score (nSPS) is 9.57. The number of benzene rings is 1. The molecule has 4 nitrogen and oxygen atoms in total. The minimum absolute atomic E-state index is 0.445. The number of urea groups is 1. The quantitative estimate of drug-likeness (QED) is 0.758. The van der Waals surface area contributed by atoms with E-state index >= 15 is 0 Å². The molecule has 0 heterocycles. The van der Waals surface area contributed by atoms with Crippen molar-refractivity contribution in [2.45, 2.75) is 13.5 Å². The highest BCUT2D eigenvalue weighted by molar-refractivity contribution is 5.71. The molecule has 0 unspecified atom stereocenters. The summed E-state index contributed by atoms with van der Waals surface area (Å²) in [5, 5.41) is 2.52. The van der Waals surface area contributed by atoms with Gasteiger partial charge in [-0.15, -0.1) is 0 Å². The lowest BCUT2D eigenvalue weighted by Gasteiger charge is -2.07. The lowest BCUT2D eigenvalue weighted by molar-refractivity contribution is 0.248. The summed E-state index contributed by atoms with van der Waals surface area (Å²) in [6.45, 7) is 2.40. The van der Waals surface area contributed by atoms with Crippen molar-refractivity contribution in [3.63, 3.8) is 0 Å². The van der Waals surface area contributed by atoms with Gasteiger partial charge in [-0.05, 0) is 24.1 Å². The summed E-state index contributed by atoms with van der Waals surface area (Å²) >= 11 is 0. The third-order valence-electron chi connectivity index (χ3n) is 1.93. The summed E-state index contributed by atoms with van der Waals surface area (Å²) in [5.41, 5.74) is 7.00. The van der Waals surface area contributed by atoms with Crippen molar-refractivity contribution in [1.29, 1.82) is 0 Å². The zero-order valence-corrected chi connectivity index (χ0v) is 8.33. The van der Waals surface area contributed by atoms with E-state index in [0.29, 0.717) is 6.54 Å². The molecule has 0 fully saturated rings. The molecule has 0 saturated heterocycles. The number of carbonyl (C=O) groups is 1. The molecule has 14 heavy (non-hydrogen) atoms. The second-order valence-electron chi connectivity index (χ2n) is 3.02. The van der Waals surface area contributed by atoms with Gasteiger partial charge >= 0.3 is 6.03 Å². The Morgan fingerprint density at radius 2 is 2.29 bits per heavy atom. The fourth-order valence-electron chi connectivity index (χ4n) is 1.24. The van der Waals surface area contributed by atoms with E-state index in [0.717, 1.165) is 16.9 Å². The van der Waals surface area contributed by atoms with Crippen molar-refractivity contribution in [2.75, 3.05) is 7.11 Å². The number of aryl methyl sites for hydroxylation is 1. The minimum Gasteiger partial charge on any atom is -0.496 e. The van der Waals surface area contributed by atoms with E-state index < -0.39 is 6.03 Å². The number of hydrogen-bond acceptors (Lipinski definition) is 2. The predicted molar refractivity (Wildman–Crippen MR) is 54.2 cm³/mol. The molecule has 1 aromatic rings. The average molecular weight is 194 g/mol. The number of methoxy groups -OCH3 is 1. The minimum atomic E-state index is -0.515. The molecule has 0 aliphatic heterocycles. The van der Waals surface area contributed by atoms with E-state index in [2.05, 4.69) is 5.32 Å². The van der Waals surface area contributed by atoms with Crippen LogP contribution in [0.25, 0.3) is 0 Å². The largest absolute Gasteiger partial charge is 0.496 e. The molecule has 0 atom stereocenters. The van der Waals surface area contributed by atoms with Gasteiger partial charge in [-0.3, -0.25) is 0 Å².